The molecule has 15 heavy (non-hydrogen) atoms. The molecule has 0 saturated heterocycles. The Hall–Kier alpha value is -1.35. The summed E-state index contributed by atoms with van der Waals surface area (Å²) in [5.41, 5.74) is 2.56. The Bertz CT molecular complexity index is 376. The quantitative estimate of drug-likeness (QED) is 0.767. The van der Waals surface area contributed by atoms with Gasteiger partial charge in [0.2, 0.25) is 0 Å². The van der Waals surface area contributed by atoms with E-state index in [0.29, 0.717) is 0 Å². The molecule has 1 aromatic rings. The predicted molar refractivity (Wildman–Crippen MR) is 57.6 cm³/mol. The van der Waals surface area contributed by atoms with Crippen LogP contribution < -0.4 is 5.32 Å². The summed E-state index contributed by atoms with van der Waals surface area (Å²) in [4.78, 5) is 10.9. The fourth-order valence-electron chi connectivity index (χ4n) is 2.00. The molecule has 0 aliphatic carbocycles. The van der Waals surface area contributed by atoms with E-state index in [2.05, 4.69) is 17.4 Å². The van der Waals surface area contributed by atoms with Gasteiger partial charge in [-0.1, -0.05) is 31.2 Å². The number of carboxylic acid groups (broad SMARTS) is 1. The average molecular weight is 205 g/mol. The minimum absolute atomic E-state index is 0.0531. The van der Waals surface area contributed by atoms with Crippen LogP contribution in [0.5, 0.6) is 0 Å². The maximum absolute atomic E-state index is 10.9. The number of fused-ring (bicyclic) bond motifs is 1. The van der Waals surface area contributed by atoms with Crippen molar-refractivity contribution in [1.29, 1.82) is 0 Å². The normalized spacial score (nSPS) is 21.8. The number of carbonyl (C=O) groups is 1. The van der Waals surface area contributed by atoms with Crippen molar-refractivity contribution in [2.45, 2.75) is 25.9 Å². The smallest absolute Gasteiger partial charge is 0.307 e. The molecule has 0 aromatic heterocycles. The maximum atomic E-state index is 10.9. The van der Waals surface area contributed by atoms with E-state index in [0.717, 1.165) is 13.0 Å². The van der Waals surface area contributed by atoms with Gasteiger partial charge in [-0.2, -0.15) is 0 Å². The minimum atomic E-state index is -0.730. The Labute approximate surface area is 89.1 Å². The Morgan fingerprint density at radius 1 is 1.47 bits per heavy atom. The zero-order chi connectivity index (χ0) is 10.8. The zero-order valence-electron chi connectivity index (χ0n) is 8.73. The molecule has 1 aliphatic rings. The Kier molecular flexibility index (Phi) is 2.73. The molecule has 2 atom stereocenters. The molecule has 80 valence electrons. The molecule has 0 amide bonds. The lowest BCUT2D eigenvalue weighted by atomic mass is 9.89. The van der Waals surface area contributed by atoms with Crippen molar-refractivity contribution in [3.63, 3.8) is 0 Å². The summed E-state index contributed by atoms with van der Waals surface area (Å²) in [5.74, 6) is -1.06. The van der Waals surface area contributed by atoms with Gasteiger partial charge < -0.3 is 10.4 Å². The first-order valence-corrected chi connectivity index (χ1v) is 5.21. The molecule has 1 aromatic carbocycles. The number of hydrogen-bond acceptors (Lipinski definition) is 2. The Morgan fingerprint density at radius 2 is 2.13 bits per heavy atom. The molecule has 0 spiro atoms. The molecule has 2 unspecified atom stereocenters. The molecule has 0 radical (unpaired) electrons. The number of carboxylic acids is 1. The predicted octanol–water partition coefficient (Wildman–Crippen LogP) is 1.42. The van der Waals surface area contributed by atoms with Crippen LogP contribution in [0.2, 0.25) is 0 Å². The van der Waals surface area contributed by atoms with Gasteiger partial charge >= 0.3 is 5.97 Å². The fourth-order valence-corrected chi connectivity index (χ4v) is 2.00. The van der Waals surface area contributed by atoms with Gasteiger partial charge in [-0.3, -0.25) is 4.79 Å². The van der Waals surface area contributed by atoms with E-state index in [1.54, 1.807) is 6.92 Å². The number of nitrogens with one attached hydrogen (secondary N) is 1. The Morgan fingerprint density at radius 3 is 2.80 bits per heavy atom. The van der Waals surface area contributed by atoms with Gasteiger partial charge in [0.1, 0.15) is 0 Å². The van der Waals surface area contributed by atoms with E-state index in [9.17, 15) is 4.79 Å². The van der Waals surface area contributed by atoms with Crippen molar-refractivity contribution >= 4 is 5.97 Å². The summed E-state index contributed by atoms with van der Waals surface area (Å²) in [6, 6.07) is 8.24. The average Bonchev–Trinajstić information content (AvgIpc) is 2.27. The van der Waals surface area contributed by atoms with E-state index < -0.39 is 5.97 Å². The van der Waals surface area contributed by atoms with Crippen molar-refractivity contribution in [2.75, 3.05) is 0 Å². The second kappa shape index (κ2) is 4.03. The molecular weight excluding hydrogens is 190 g/mol. The third-order valence-corrected chi connectivity index (χ3v) is 3.11. The molecule has 3 nitrogen and oxygen atoms in total. The first-order chi connectivity index (χ1) is 7.18. The molecule has 0 bridgehead atoms. The molecule has 3 heteroatoms. The van der Waals surface area contributed by atoms with Crippen molar-refractivity contribution in [1.82, 2.24) is 5.32 Å². The largest absolute Gasteiger partial charge is 0.481 e. The minimum Gasteiger partial charge on any atom is -0.481 e. The lowest BCUT2D eigenvalue weighted by Gasteiger charge is -2.28. The van der Waals surface area contributed by atoms with Gasteiger partial charge in [0.15, 0.2) is 0 Å². The maximum Gasteiger partial charge on any atom is 0.307 e. The monoisotopic (exact) mass is 205 g/mol. The first kappa shape index (κ1) is 10.2. The van der Waals surface area contributed by atoms with Crippen LogP contribution in [-0.4, -0.2) is 17.1 Å². The van der Waals surface area contributed by atoms with Crippen molar-refractivity contribution in [3.05, 3.63) is 35.4 Å². The van der Waals surface area contributed by atoms with Gasteiger partial charge in [0.25, 0.3) is 0 Å². The summed E-state index contributed by atoms with van der Waals surface area (Å²) in [7, 11) is 0. The van der Waals surface area contributed by atoms with Crippen LogP contribution in [0, 0.1) is 5.92 Å². The SMILES string of the molecule is CC(C(=O)O)C1Cc2ccccc2CN1. The lowest BCUT2D eigenvalue weighted by Crippen LogP contribution is -2.43. The fraction of sp³-hybridized carbons (Fsp3) is 0.417. The lowest BCUT2D eigenvalue weighted by molar-refractivity contribution is -0.142. The van der Waals surface area contributed by atoms with E-state index in [1.165, 1.54) is 11.1 Å². The van der Waals surface area contributed by atoms with Crippen LogP contribution in [0.15, 0.2) is 24.3 Å². The third kappa shape index (κ3) is 2.02. The molecule has 1 heterocycles. The van der Waals surface area contributed by atoms with E-state index in [4.69, 9.17) is 5.11 Å². The highest BCUT2D eigenvalue weighted by Crippen LogP contribution is 2.20. The van der Waals surface area contributed by atoms with Gasteiger partial charge in [-0.05, 0) is 17.5 Å². The van der Waals surface area contributed by atoms with Crippen molar-refractivity contribution in [2.24, 2.45) is 5.92 Å². The number of hydrogen-bond donors (Lipinski definition) is 2. The van der Waals surface area contributed by atoms with Crippen LogP contribution in [0.3, 0.4) is 0 Å². The molecule has 0 saturated carbocycles. The third-order valence-electron chi connectivity index (χ3n) is 3.11. The number of rotatable bonds is 2. The van der Waals surface area contributed by atoms with Gasteiger partial charge in [-0.15, -0.1) is 0 Å². The van der Waals surface area contributed by atoms with Gasteiger partial charge in [0.05, 0.1) is 5.92 Å². The Balaban J connectivity index is 2.15. The molecular formula is C12H15NO2. The molecule has 0 fully saturated rings. The van der Waals surface area contributed by atoms with E-state index in [1.807, 2.05) is 12.1 Å². The second-order valence-corrected chi connectivity index (χ2v) is 4.09. The van der Waals surface area contributed by atoms with Crippen LogP contribution in [-0.2, 0) is 17.8 Å². The molecule has 2 rings (SSSR count). The van der Waals surface area contributed by atoms with Crippen LogP contribution >= 0.6 is 0 Å². The highest BCUT2D eigenvalue weighted by Gasteiger charge is 2.26. The summed E-state index contributed by atoms with van der Waals surface area (Å²) in [5, 5.41) is 12.2. The summed E-state index contributed by atoms with van der Waals surface area (Å²) < 4.78 is 0. The standard InChI is InChI=1S/C12H15NO2/c1-8(12(14)15)11-6-9-4-2-3-5-10(9)7-13-11/h2-5,8,11,13H,6-7H2,1H3,(H,14,15). The highest BCUT2D eigenvalue weighted by molar-refractivity contribution is 5.70. The summed E-state index contributed by atoms with van der Waals surface area (Å²) in [6.45, 7) is 2.53. The van der Waals surface area contributed by atoms with Crippen molar-refractivity contribution in [3.8, 4) is 0 Å². The zero-order valence-corrected chi connectivity index (χ0v) is 8.73. The number of aliphatic carboxylic acids is 1. The second-order valence-electron chi connectivity index (χ2n) is 4.09. The van der Waals surface area contributed by atoms with E-state index in [-0.39, 0.29) is 12.0 Å². The van der Waals surface area contributed by atoms with Gasteiger partial charge in [0, 0.05) is 12.6 Å². The van der Waals surface area contributed by atoms with E-state index >= 15 is 0 Å². The topological polar surface area (TPSA) is 49.3 Å². The summed E-state index contributed by atoms with van der Waals surface area (Å²) >= 11 is 0. The van der Waals surface area contributed by atoms with Crippen LogP contribution in [0.4, 0.5) is 0 Å². The highest BCUT2D eigenvalue weighted by atomic mass is 16.4. The summed E-state index contributed by atoms with van der Waals surface area (Å²) in [6.07, 6.45) is 0.809. The van der Waals surface area contributed by atoms with Crippen LogP contribution in [0.25, 0.3) is 0 Å². The van der Waals surface area contributed by atoms with Crippen molar-refractivity contribution < 1.29 is 9.90 Å². The molecule has 2 N–H and O–H groups in total. The van der Waals surface area contributed by atoms with Gasteiger partial charge in [-0.25, -0.2) is 0 Å². The first-order valence-electron chi connectivity index (χ1n) is 5.21. The molecule has 1 aliphatic heterocycles. The van der Waals surface area contributed by atoms with Crippen LogP contribution in [0.1, 0.15) is 18.1 Å². The number of benzene rings is 1.